The van der Waals surface area contributed by atoms with Crippen LogP contribution in [0.4, 0.5) is 0 Å². The van der Waals surface area contributed by atoms with Crippen molar-refractivity contribution in [1.82, 2.24) is 0 Å². The molecule has 0 unspecified atom stereocenters. The van der Waals surface area contributed by atoms with Gasteiger partial charge in [-0.1, -0.05) is 25.5 Å². The highest BCUT2D eigenvalue weighted by Crippen LogP contribution is 2.65. The van der Waals surface area contributed by atoms with Crippen molar-refractivity contribution in [2.75, 3.05) is 0 Å². The Bertz CT molecular complexity index is 570. The highest BCUT2D eigenvalue weighted by atomic mass is 35.5. The average Bonchev–Trinajstić information content (AvgIpc) is 2.83. The Balaban J connectivity index is 1.59. The first kappa shape index (κ1) is 16.9. The minimum Gasteiger partial charge on any atom is -0.462 e. The first-order valence-corrected chi connectivity index (χ1v) is 10.3. The summed E-state index contributed by atoms with van der Waals surface area (Å²) in [4.78, 5) is 11.3. The number of carbonyl (C=O) groups excluding carboxylic acids is 1. The molecule has 0 radical (unpaired) electrons. The molecule has 0 saturated heterocycles. The molecule has 0 bridgehead atoms. The van der Waals surface area contributed by atoms with Crippen molar-refractivity contribution in [3.8, 4) is 0 Å². The Labute approximate surface area is 151 Å². The van der Waals surface area contributed by atoms with Crippen molar-refractivity contribution in [3.63, 3.8) is 0 Å². The van der Waals surface area contributed by atoms with E-state index in [2.05, 4.69) is 19.9 Å². The molecule has 4 rings (SSSR count). The average molecular weight is 351 g/mol. The smallest absolute Gasteiger partial charge is 0.302 e. The molecule has 24 heavy (non-hydrogen) atoms. The maximum atomic E-state index is 11.3. The standard InChI is InChI=1S/C21H31ClO2/c1-13(23)24-15-8-10-20(2)14(12-15)4-5-16-17-6-7-19(22)21(17,3)11-9-18(16)20/h4,15-19H,5-12H2,1-3H3/t15-,16-,17-,18-,19+,20-,21-/m0/s1. The van der Waals surface area contributed by atoms with Crippen molar-refractivity contribution in [2.24, 2.45) is 28.6 Å². The van der Waals surface area contributed by atoms with E-state index < -0.39 is 0 Å². The minimum atomic E-state index is -0.134. The number of rotatable bonds is 1. The van der Waals surface area contributed by atoms with Gasteiger partial charge in [0.1, 0.15) is 6.10 Å². The van der Waals surface area contributed by atoms with Gasteiger partial charge in [0, 0.05) is 18.7 Å². The van der Waals surface area contributed by atoms with Gasteiger partial charge in [0.05, 0.1) is 0 Å². The predicted molar refractivity (Wildman–Crippen MR) is 96.9 cm³/mol. The Morgan fingerprint density at radius 2 is 1.96 bits per heavy atom. The molecule has 3 heteroatoms. The Hall–Kier alpha value is -0.500. The summed E-state index contributed by atoms with van der Waals surface area (Å²) in [6, 6.07) is 0. The molecule has 0 aromatic rings. The summed E-state index contributed by atoms with van der Waals surface area (Å²) in [5.74, 6) is 2.28. The summed E-state index contributed by atoms with van der Waals surface area (Å²) in [6.07, 6.45) is 12.1. The molecule has 0 heterocycles. The Morgan fingerprint density at radius 1 is 1.17 bits per heavy atom. The van der Waals surface area contributed by atoms with Gasteiger partial charge < -0.3 is 4.74 Å². The normalized spacial score (nSPS) is 50.3. The van der Waals surface area contributed by atoms with Crippen LogP contribution in [0.15, 0.2) is 11.6 Å². The van der Waals surface area contributed by atoms with E-state index in [0.717, 1.165) is 30.6 Å². The quantitative estimate of drug-likeness (QED) is 0.355. The maximum absolute atomic E-state index is 11.3. The van der Waals surface area contributed by atoms with Crippen molar-refractivity contribution in [2.45, 2.75) is 83.6 Å². The second-order valence-electron chi connectivity index (χ2n) is 9.32. The number of fused-ring (bicyclic) bond motifs is 5. The summed E-state index contributed by atoms with van der Waals surface area (Å²) < 4.78 is 5.52. The number of carbonyl (C=O) groups is 1. The molecule has 7 atom stereocenters. The number of halogens is 1. The molecule has 4 aliphatic rings. The second kappa shape index (κ2) is 5.76. The lowest BCUT2D eigenvalue weighted by molar-refractivity contribution is -0.148. The van der Waals surface area contributed by atoms with E-state index in [9.17, 15) is 4.79 Å². The molecule has 0 aliphatic heterocycles. The van der Waals surface area contributed by atoms with E-state index in [1.165, 1.54) is 45.4 Å². The van der Waals surface area contributed by atoms with Crippen LogP contribution in [0.2, 0.25) is 0 Å². The van der Waals surface area contributed by atoms with Crippen LogP contribution in [0.3, 0.4) is 0 Å². The van der Waals surface area contributed by atoms with Crippen LogP contribution in [0.1, 0.15) is 72.1 Å². The SMILES string of the molecule is CC(=O)O[C@H]1CC[C@@]2(C)C(=CC[C@H]3[C@@H]4CC[C@@H](Cl)[C@@]4(C)CC[C@@H]32)C1. The number of hydrogen-bond acceptors (Lipinski definition) is 2. The van der Waals surface area contributed by atoms with E-state index in [1.54, 1.807) is 5.57 Å². The molecule has 0 amide bonds. The molecular weight excluding hydrogens is 320 g/mol. The Kier molecular flexibility index (Phi) is 4.06. The first-order chi connectivity index (χ1) is 11.3. The molecule has 0 aromatic heterocycles. The highest BCUT2D eigenvalue weighted by molar-refractivity contribution is 6.21. The van der Waals surface area contributed by atoms with E-state index >= 15 is 0 Å². The summed E-state index contributed by atoms with van der Waals surface area (Å²) >= 11 is 6.73. The van der Waals surface area contributed by atoms with Crippen molar-refractivity contribution < 1.29 is 9.53 Å². The molecular formula is C21H31ClO2. The summed E-state index contributed by atoms with van der Waals surface area (Å²) in [5.41, 5.74) is 2.26. The van der Waals surface area contributed by atoms with Gasteiger partial charge in [-0.2, -0.15) is 0 Å². The predicted octanol–water partition coefficient (Wildman–Crippen LogP) is 5.49. The fourth-order valence-electron chi connectivity index (χ4n) is 6.90. The van der Waals surface area contributed by atoms with Gasteiger partial charge in [0.25, 0.3) is 0 Å². The van der Waals surface area contributed by atoms with Crippen LogP contribution in [0.5, 0.6) is 0 Å². The van der Waals surface area contributed by atoms with Crippen LogP contribution in [0, 0.1) is 28.6 Å². The van der Waals surface area contributed by atoms with Gasteiger partial charge in [-0.25, -0.2) is 0 Å². The van der Waals surface area contributed by atoms with Gasteiger partial charge in [0.2, 0.25) is 0 Å². The van der Waals surface area contributed by atoms with Crippen LogP contribution < -0.4 is 0 Å². The highest BCUT2D eigenvalue weighted by Gasteiger charge is 2.58. The number of ether oxygens (including phenoxy) is 1. The van der Waals surface area contributed by atoms with Crippen LogP contribution in [-0.2, 0) is 9.53 Å². The van der Waals surface area contributed by atoms with E-state index in [-0.39, 0.29) is 12.1 Å². The molecule has 2 nitrogen and oxygen atoms in total. The zero-order chi connectivity index (χ0) is 17.1. The number of alkyl halides is 1. The van der Waals surface area contributed by atoms with Gasteiger partial charge in [-0.05, 0) is 73.5 Å². The van der Waals surface area contributed by atoms with Gasteiger partial charge in [-0.3, -0.25) is 4.79 Å². The molecule has 0 spiro atoms. The number of allylic oxidation sites excluding steroid dienone is 1. The van der Waals surface area contributed by atoms with Gasteiger partial charge in [-0.15, -0.1) is 11.6 Å². The van der Waals surface area contributed by atoms with Crippen molar-refractivity contribution >= 4 is 17.6 Å². The van der Waals surface area contributed by atoms with Crippen molar-refractivity contribution in [3.05, 3.63) is 11.6 Å². The van der Waals surface area contributed by atoms with Gasteiger partial charge >= 0.3 is 5.97 Å². The molecule has 0 N–H and O–H groups in total. The number of esters is 1. The molecule has 3 fully saturated rings. The topological polar surface area (TPSA) is 26.3 Å². The van der Waals surface area contributed by atoms with Crippen LogP contribution in [-0.4, -0.2) is 17.5 Å². The molecule has 0 aromatic carbocycles. The molecule has 3 saturated carbocycles. The van der Waals surface area contributed by atoms with E-state index in [4.69, 9.17) is 16.3 Å². The zero-order valence-corrected chi connectivity index (χ0v) is 16.1. The van der Waals surface area contributed by atoms with E-state index in [0.29, 0.717) is 16.2 Å². The lowest BCUT2D eigenvalue weighted by atomic mass is 9.48. The third-order valence-corrected chi connectivity index (χ3v) is 8.99. The van der Waals surface area contributed by atoms with Crippen LogP contribution >= 0.6 is 11.6 Å². The second-order valence-corrected chi connectivity index (χ2v) is 9.85. The first-order valence-electron chi connectivity index (χ1n) is 9.85. The van der Waals surface area contributed by atoms with E-state index in [1.807, 2.05) is 0 Å². The summed E-state index contributed by atoms with van der Waals surface area (Å²) in [5, 5.41) is 0.376. The third-order valence-electron chi connectivity index (χ3n) is 8.28. The monoisotopic (exact) mass is 350 g/mol. The Morgan fingerprint density at radius 3 is 2.71 bits per heavy atom. The lowest BCUT2D eigenvalue weighted by Gasteiger charge is -2.57. The number of hydrogen-bond donors (Lipinski definition) is 0. The fraction of sp³-hybridized carbons (Fsp3) is 0.857. The third kappa shape index (κ3) is 2.39. The van der Waals surface area contributed by atoms with Gasteiger partial charge in [0.15, 0.2) is 0 Å². The van der Waals surface area contributed by atoms with Crippen molar-refractivity contribution in [1.29, 1.82) is 0 Å². The molecule has 4 aliphatic carbocycles. The van der Waals surface area contributed by atoms with Crippen LogP contribution in [0.25, 0.3) is 0 Å². The fourth-order valence-corrected chi connectivity index (χ4v) is 7.30. The largest absolute Gasteiger partial charge is 0.462 e. The summed E-state index contributed by atoms with van der Waals surface area (Å²) in [6.45, 7) is 6.48. The lowest BCUT2D eigenvalue weighted by Crippen LogP contribution is -2.50. The maximum Gasteiger partial charge on any atom is 0.302 e. The summed E-state index contributed by atoms with van der Waals surface area (Å²) in [7, 11) is 0. The zero-order valence-electron chi connectivity index (χ0n) is 15.3. The minimum absolute atomic E-state index is 0.103. The molecule has 134 valence electrons.